The second-order valence-corrected chi connectivity index (χ2v) is 12.1. The minimum atomic E-state index is -0.784. The molecule has 0 saturated heterocycles. The smallest absolute Gasteiger partial charge is 0.328 e. The Bertz CT molecular complexity index is 306. The molecule has 2 radical (unpaired) electrons. The van der Waals surface area contributed by atoms with Gasteiger partial charge in [0.05, 0.1) is 13.2 Å². The van der Waals surface area contributed by atoms with Gasteiger partial charge in [0, 0.05) is 0 Å². The Morgan fingerprint density at radius 1 is 0.815 bits per heavy atom. The van der Waals surface area contributed by atoms with E-state index in [1.54, 1.807) is 8.87 Å². The molecule has 11 heteroatoms. The fourth-order valence-corrected chi connectivity index (χ4v) is 5.62. The molecule has 0 heterocycles. The van der Waals surface area contributed by atoms with Gasteiger partial charge in [0.15, 0.2) is 0 Å². The quantitative estimate of drug-likeness (QED) is 0.0712. The Balaban J connectivity index is -0.000000378. The molecular weight excluding hydrogens is 535 g/mol. The van der Waals surface area contributed by atoms with Gasteiger partial charge >= 0.3 is 81.5 Å². The minimum absolute atomic E-state index is 0.0313. The van der Waals surface area contributed by atoms with E-state index in [-0.39, 0.29) is 47.6 Å². The summed E-state index contributed by atoms with van der Waals surface area (Å²) in [4.78, 5) is 21.6. The summed E-state index contributed by atoms with van der Waals surface area (Å²) in [6, 6.07) is 0. The fraction of sp³-hybridized carbons (Fsp3) is 0.875. The van der Waals surface area contributed by atoms with Crippen LogP contribution in [0.4, 0.5) is 0 Å². The number of esters is 2. The van der Waals surface area contributed by atoms with Gasteiger partial charge in [-0.25, -0.2) is 9.59 Å². The standard InChI is InChI=1S/C6H10O4S4.2C4H9.C2H6O2.Sn/c7-3(5(11)12)9-1-2-10-4(8)6(13)14;2*1-3-4-2;3-1-2-4;/h5-6,11-14H,1-2H2;2*1,3-4H2,2H3;3-4H,1-2H2;. The predicted molar refractivity (Wildman–Crippen MR) is 125 cm³/mol. The van der Waals surface area contributed by atoms with E-state index in [1.807, 2.05) is 0 Å². The molecule has 0 amide bonds. The maximum atomic E-state index is 10.8. The van der Waals surface area contributed by atoms with E-state index >= 15 is 0 Å². The summed E-state index contributed by atoms with van der Waals surface area (Å²) < 4.78 is 10.9. The van der Waals surface area contributed by atoms with E-state index in [0.717, 1.165) is 0 Å². The molecule has 0 aliphatic rings. The summed E-state index contributed by atoms with van der Waals surface area (Å²) in [5.41, 5.74) is 0. The van der Waals surface area contributed by atoms with Crippen molar-refractivity contribution in [2.24, 2.45) is 0 Å². The Kier molecular flexibility index (Phi) is 32.8. The van der Waals surface area contributed by atoms with E-state index < -0.39 is 21.1 Å². The van der Waals surface area contributed by atoms with Crippen molar-refractivity contribution in [3.8, 4) is 0 Å². The molecule has 0 rings (SSSR count). The monoisotopic (exact) mass is 570 g/mol. The van der Waals surface area contributed by atoms with E-state index in [9.17, 15) is 9.59 Å². The molecule has 0 aliphatic carbocycles. The average Bonchev–Trinajstić information content (AvgIpc) is 2.65. The Morgan fingerprint density at radius 2 is 1.15 bits per heavy atom. The van der Waals surface area contributed by atoms with Crippen molar-refractivity contribution < 1.29 is 29.3 Å². The summed E-state index contributed by atoms with van der Waals surface area (Å²) in [6.07, 6.45) is 5.84. The Hall–Kier alpha value is 1.06. The second-order valence-electron chi connectivity index (χ2n) is 4.99. The van der Waals surface area contributed by atoms with Crippen LogP contribution in [0.1, 0.15) is 39.5 Å². The maximum Gasteiger partial charge on any atom is 0.328 e. The number of carbonyl (C=O) groups is 2. The third-order valence-corrected chi connectivity index (χ3v) is 7.39. The molecule has 2 N–H and O–H groups in total. The summed E-state index contributed by atoms with van der Waals surface area (Å²) in [5, 5.41) is 15.2. The molecule has 0 aromatic heterocycles. The molecule has 0 saturated carbocycles. The second kappa shape index (κ2) is 27.1. The number of ether oxygens (including phenoxy) is 2. The molecule has 0 aromatic carbocycles. The number of unbranched alkanes of at least 4 members (excludes halogenated alkanes) is 2. The van der Waals surface area contributed by atoms with Gasteiger partial charge in [-0.05, 0) is 0 Å². The third-order valence-electron chi connectivity index (χ3n) is 2.51. The van der Waals surface area contributed by atoms with Crippen LogP contribution in [0.3, 0.4) is 0 Å². The van der Waals surface area contributed by atoms with Crippen molar-refractivity contribution in [2.45, 2.75) is 57.6 Å². The van der Waals surface area contributed by atoms with E-state index in [1.165, 1.54) is 25.7 Å². The van der Waals surface area contributed by atoms with Crippen molar-refractivity contribution in [1.29, 1.82) is 0 Å². The first-order valence-corrected chi connectivity index (χ1v) is 14.9. The number of aliphatic hydroxyl groups excluding tert-OH is 2. The minimum Gasteiger partial charge on any atom is -0.461 e. The van der Waals surface area contributed by atoms with Crippen molar-refractivity contribution in [1.82, 2.24) is 0 Å². The Labute approximate surface area is 195 Å². The summed E-state index contributed by atoms with van der Waals surface area (Å²) >= 11 is 15.1. The summed E-state index contributed by atoms with van der Waals surface area (Å²) in [6.45, 7) is 4.27. The zero-order valence-corrected chi connectivity index (χ0v) is 22.5. The van der Waals surface area contributed by atoms with Gasteiger partial charge in [-0.1, -0.05) is 0 Å². The van der Waals surface area contributed by atoms with Crippen LogP contribution in [0.15, 0.2) is 0 Å². The zero-order chi connectivity index (χ0) is 21.5. The van der Waals surface area contributed by atoms with Crippen LogP contribution in [0.5, 0.6) is 0 Å². The topological polar surface area (TPSA) is 93.1 Å². The van der Waals surface area contributed by atoms with Crippen molar-refractivity contribution in [3.05, 3.63) is 0 Å². The van der Waals surface area contributed by atoms with Crippen molar-refractivity contribution in [3.63, 3.8) is 0 Å². The number of hydrogen-bond acceptors (Lipinski definition) is 10. The van der Waals surface area contributed by atoms with Gasteiger partial charge in [-0.3, -0.25) is 0 Å². The molecule has 162 valence electrons. The van der Waals surface area contributed by atoms with Crippen LogP contribution in [-0.2, 0) is 19.1 Å². The van der Waals surface area contributed by atoms with Crippen LogP contribution in [0, 0.1) is 0 Å². The van der Waals surface area contributed by atoms with E-state index in [4.69, 9.17) is 10.2 Å². The number of aliphatic hydroxyl groups is 2. The molecular formula is C16H34O6S4Sn. The van der Waals surface area contributed by atoms with Crippen LogP contribution < -0.4 is 0 Å². The first-order valence-electron chi connectivity index (χ1n) is 8.76. The first-order chi connectivity index (χ1) is 12.8. The predicted octanol–water partition coefficient (Wildman–Crippen LogP) is 2.54. The molecule has 0 bridgehead atoms. The van der Waals surface area contributed by atoms with E-state index in [2.05, 4.69) is 73.8 Å². The van der Waals surface area contributed by atoms with E-state index in [0.29, 0.717) is 0 Å². The molecule has 0 aromatic rings. The number of rotatable bonds is 12. The van der Waals surface area contributed by atoms with Gasteiger partial charge < -0.3 is 19.7 Å². The molecule has 0 spiro atoms. The number of carbonyl (C=O) groups excluding carboxylic acids is 2. The zero-order valence-electron chi connectivity index (χ0n) is 16.0. The third kappa shape index (κ3) is 32.0. The maximum absolute atomic E-state index is 10.8. The molecule has 6 nitrogen and oxygen atoms in total. The molecule has 0 atom stereocenters. The molecule has 0 aliphatic heterocycles. The number of hydrogen-bond donors (Lipinski definition) is 6. The van der Waals surface area contributed by atoms with Gasteiger partial charge in [0.1, 0.15) is 22.4 Å². The largest absolute Gasteiger partial charge is 0.461 e. The normalized spacial score (nSPS) is 9.85. The fourth-order valence-electron chi connectivity index (χ4n) is 1.16. The van der Waals surface area contributed by atoms with Gasteiger partial charge in [0.2, 0.25) is 0 Å². The number of thiol groups is 4. The van der Waals surface area contributed by atoms with Crippen LogP contribution in [0.25, 0.3) is 0 Å². The van der Waals surface area contributed by atoms with Gasteiger partial charge in [-0.15, -0.1) is 0 Å². The molecule has 0 fully saturated rings. The van der Waals surface area contributed by atoms with Crippen LogP contribution >= 0.6 is 50.5 Å². The van der Waals surface area contributed by atoms with Crippen LogP contribution in [0.2, 0.25) is 8.87 Å². The summed E-state index contributed by atoms with van der Waals surface area (Å²) in [5.74, 6) is -1.16. The van der Waals surface area contributed by atoms with Crippen molar-refractivity contribution >= 4 is 83.6 Å². The first kappa shape index (κ1) is 32.7. The van der Waals surface area contributed by atoms with Crippen molar-refractivity contribution in [2.75, 3.05) is 26.4 Å². The van der Waals surface area contributed by atoms with Gasteiger partial charge in [-0.2, -0.15) is 50.5 Å². The molecule has 0 unspecified atom stereocenters. The molecule has 27 heavy (non-hydrogen) atoms. The summed E-state index contributed by atoms with van der Waals surface area (Å²) in [7, 11) is 0. The SMILES string of the molecule is CCC[CH2][Sn][CH2]CCC.O=C(OCCOC(=O)C(S)S)C(S)S.OCCO. The average molecular weight is 569 g/mol. The van der Waals surface area contributed by atoms with Crippen LogP contribution in [-0.4, -0.2) is 78.9 Å². The Morgan fingerprint density at radius 3 is 1.37 bits per heavy atom. The van der Waals surface area contributed by atoms with Gasteiger partial charge in [0.25, 0.3) is 0 Å².